The number of benzene rings is 2. The van der Waals surface area contributed by atoms with Crippen molar-refractivity contribution in [2.24, 2.45) is 0 Å². The molecule has 0 radical (unpaired) electrons. The lowest BCUT2D eigenvalue weighted by Crippen LogP contribution is -2.59. The van der Waals surface area contributed by atoms with Gasteiger partial charge in [0.15, 0.2) is 0 Å². The fourth-order valence-corrected chi connectivity index (χ4v) is 4.72. The lowest BCUT2D eigenvalue weighted by molar-refractivity contribution is -0.142. The van der Waals surface area contributed by atoms with Gasteiger partial charge in [-0.2, -0.15) is 0 Å². The molecular weight excluding hydrogens is 390 g/mol. The van der Waals surface area contributed by atoms with Crippen molar-refractivity contribution in [2.75, 3.05) is 39.8 Å². The number of piperazine rings is 1. The zero-order valence-electron chi connectivity index (χ0n) is 18.6. The molecule has 2 saturated heterocycles. The molecule has 6 nitrogen and oxygen atoms in total. The minimum atomic E-state index is -0.282. The Kier molecular flexibility index (Phi) is 6.28. The summed E-state index contributed by atoms with van der Waals surface area (Å²) in [6, 6.07) is 13.6. The summed E-state index contributed by atoms with van der Waals surface area (Å²) in [5.74, 6) is 0.803. The highest BCUT2D eigenvalue weighted by molar-refractivity contribution is 5.97. The van der Waals surface area contributed by atoms with Gasteiger partial charge in [0.2, 0.25) is 5.91 Å². The first-order valence-electron chi connectivity index (χ1n) is 11.0. The van der Waals surface area contributed by atoms with E-state index in [-0.39, 0.29) is 17.9 Å². The Morgan fingerprint density at radius 2 is 1.87 bits per heavy atom. The fourth-order valence-electron chi connectivity index (χ4n) is 4.72. The van der Waals surface area contributed by atoms with Crippen molar-refractivity contribution < 1.29 is 14.3 Å². The van der Waals surface area contributed by atoms with Crippen molar-refractivity contribution in [3.8, 4) is 5.75 Å². The second-order valence-corrected chi connectivity index (χ2v) is 8.54. The van der Waals surface area contributed by atoms with Gasteiger partial charge in [-0.05, 0) is 38.0 Å². The SMILES string of the molecule is COc1cccc(C(=O)N2CCCN3CCN(Cc4cccc(C)c4)C(=O)C3C2)c1C. The number of carbonyl (C=O) groups is 2. The standard InChI is InChI=1S/C25H31N3O3/c1-18-7-4-8-20(15-18)16-28-14-13-26-11-6-12-27(17-22(26)25(28)30)24(29)21-9-5-10-23(31-3)19(21)2/h4-5,7-10,15,22H,6,11-14,16-17H2,1-3H3. The van der Waals surface area contributed by atoms with Crippen molar-refractivity contribution in [2.45, 2.75) is 32.9 Å². The Morgan fingerprint density at radius 3 is 2.65 bits per heavy atom. The predicted octanol–water partition coefficient (Wildman–Crippen LogP) is 2.87. The van der Waals surface area contributed by atoms with Gasteiger partial charge >= 0.3 is 0 Å². The minimum absolute atomic E-state index is 0.0261. The maximum atomic E-state index is 13.4. The van der Waals surface area contributed by atoms with Gasteiger partial charge in [-0.3, -0.25) is 14.5 Å². The second-order valence-electron chi connectivity index (χ2n) is 8.54. The van der Waals surface area contributed by atoms with E-state index in [0.717, 1.165) is 37.2 Å². The van der Waals surface area contributed by atoms with Gasteiger partial charge in [0, 0.05) is 50.4 Å². The molecule has 2 heterocycles. The quantitative estimate of drug-likeness (QED) is 0.762. The summed E-state index contributed by atoms with van der Waals surface area (Å²) in [5, 5.41) is 0. The fraction of sp³-hybridized carbons (Fsp3) is 0.440. The number of methoxy groups -OCH3 is 1. The molecule has 2 aliphatic rings. The van der Waals surface area contributed by atoms with Gasteiger partial charge in [0.05, 0.1) is 7.11 Å². The normalized spacial score (nSPS) is 19.7. The smallest absolute Gasteiger partial charge is 0.254 e. The molecule has 0 bridgehead atoms. The number of rotatable bonds is 4. The summed E-state index contributed by atoms with van der Waals surface area (Å²) in [5.41, 5.74) is 3.83. The summed E-state index contributed by atoms with van der Waals surface area (Å²) in [7, 11) is 1.61. The Balaban J connectivity index is 1.52. The maximum absolute atomic E-state index is 13.4. The topological polar surface area (TPSA) is 53.1 Å². The summed E-state index contributed by atoms with van der Waals surface area (Å²) >= 11 is 0. The Bertz CT molecular complexity index is 974. The Morgan fingerprint density at radius 1 is 1.06 bits per heavy atom. The molecule has 164 valence electrons. The van der Waals surface area contributed by atoms with Crippen molar-refractivity contribution in [3.05, 3.63) is 64.7 Å². The number of hydrogen-bond donors (Lipinski definition) is 0. The van der Waals surface area contributed by atoms with Crippen LogP contribution in [0, 0.1) is 13.8 Å². The van der Waals surface area contributed by atoms with Crippen LogP contribution in [-0.2, 0) is 11.3 Å². The van der Waals surface area contributed by atoms with E-state index in [4.69, 9.17) is 4.74 Å². The van der Waals surface area contributed by atoms with E-state index in [1.807, 2.05) is 41.0 Å². The lowest BCUT2D eigenvalue weighted by atomic mass is 10.1. The first-order chi connectivity index (χ1) is 15.0. The molecule has 2 aliphatic heterocycles. The summed E-state index contributed by atoms with van der Waals surface area (Å²) < 4.78 is 5.39. The second kappa shape index (κ2) is 9.10. The largest absolute Gasteiger partial charge is 0.496 e. The van der Waals surface area contributed by atoms with E-state index in [2.05, 4.69) is 30.0 Å². The highest BCUT2D eigenvalue weighted by atomic mass is 16.5. The molecule has 0 aromatic heterocycles. The monoisotopic (exact) mass is 421 g/mol. The molecule has 0 aliphatic carbocycles. The summed E-state index contributed by atoms with van der Waals surface area (Å²) in [4.78, 5) is 32.8. The molecule has 31 heavy (non-hydrogen) atoms. The Labute approximate surface area is 184 Å². The number of ether oxygens (including phenoxy) is 1. The molecule has 6 heteroatoms. The molecule has 2 aromatic rings. The molecule has 4 rings (SSSR count). The average Bonchev–Trinajstić information content (AvgIpc) is 2.99. The molecule has 1 unspecified atom stereocenters. The number of nitrogens with zero attached hydrogens (tertiary/aromatic N) is 3. The van der Waals surface area contributed by atoms with Crippen LogP contribution in [0.5, 0.6) is 5.75 Å². The number of hydrogen-bond acceptors (Lipinski definition) is 4. The highest BCUT2D eigenvalue weighted by Crippen LogP contribution is 2.25. The third-order valence-electron chi connectivity index (χ3n) is 6.44. The van der Waals surface area contributed by atoms with E-state index >= 15 is 0 Å². The molecule has 0 spiro atoms. The van der Waals surface area contributed by atoms with Crippen LogP contribution in [-0.4, -0.2) is 72.4 Å². The maximum Gasteiger partial charge on any atom is 0.254 e. The number of carbonyl (C=O) groups excluding carboxylic acids is 2. The third kappa shape index (κ3) is 4.44. The zero-order valence-corrected chi connectivity index (χ0v) is 18.6. The Hall–Kier alpha value is -2.86. The third-order valence-corrected chi connectivity index (χ3v) is 6.44. The van der Waals surface area contributed by atoms with Crippen LogP contribution in [0.1, 0.15) is 33.5 Å². The number of aryl methyl sites for hydroxylation is 1. The van der Waals surface area contributed by atoms with Crippen molar-refractivity contribution >= 4 is 11.8 Å². The van der Waals surface area contributed by atoms with Gasteiger partial charge in [-0.1, -0.05) is 35.9 Å². The number of fused-ring (bicyclic) bond motifs is 1. The van der Waals surface area contributed by atoms with Crippen LogP contribution in [0.25, 0.3) is 0 Å². The van der Waals surface area contributed by atoms with Crippen molar-refractivity contribution in [1.82, 2.24) is 14.7 Å². The molecule has 2 aromatic carbocycles. The van der Waals surface area contributed by atoms with Gasteiger partial charge in [0.25, 0.3) is 5.91 Å². The highest BCUT2D eigenvalue weighted by Gasteiger charge is 2.38. The van der Waals surface area contributed by atoms with E-state index in [9.17, 15) is 9.59 Å². The lowest BCUT2D eigenvalue weighted by Gasteiger charge is -2.40. The molecule has 1 atom stereocenters. The van der Waals surface area contributed by atoms with E-state index in [1.54, 1.807) is 7.11 Å². The predicted molar refractivity (Wildman–Crippen MR) is 120 cm³/mol. The molecule has 0 N–H and O–H groups in total. The van der Waals surface area contributed by atoms with Crippen LogP contribution >= 0.6 is 0 Å². The van der Waals surface area contributed by atoms with Gasteiger partial charge in [-0.25, -0.2) is 0 Å². The number of amides is 2. The van der Waals surface area contributed by atoms with Crippen molar-refractivity contribution in [1.29, 1.82) is 0 Å². The van der Waals surface area contributed by atoms with Crippen LogP contribution < -0.4 is 4.74 Å². The van der Waals surface area contributed by atoms with Gasteiger partial charge < -0.3 is 14.5 Å². The van der Waals surface area contributed by atoms with Gasteiger partial charge in [0.1, 0.15) is 11.8 Å². The zero-order chi connectivity index (χ0) is 22.0. The van der Waals surface area contributed by atoms with Crippen molar-refractivity contribution in [3.63, 3.8) is 0 Å². The molecular formula is C25H31N3O3. The first-order valence-corrected chi connectivity index (χ1v) is 11.0. The molecule has 2 fully saturated rings. The summed E-state index contributed by atoms with van der Waals surface area (Å²) in [6.07, 6.45) is 0.871. The van der Waals surface area contributed by atoms with E-state index < -0.39 is 0 Å². The first kappa shape index (κ1) is 21.4. The summed E-state index contributed by atoms with van der Waals surface area (Å²) in [6.45, 7) is 8.11. The van der Waals surface area contributed by atoms with Crippen LogP contribution in [0.15, 0.2) is 42.5 Å². The minimum Gasteiger partial charge on any atom is -0.496 e. The average molecular weight is 422 g/mol. The van der Waals surface area contributed by atoms with E-state index in [1.165, 1.54) is 5.56 Å². The van der Waals surface area contributed by atoms with Crippen LogP contribution in [0.2, 0.25) is 0 Å². The van der Waals surface area contributed by atoms with Gasteiger partial charge in [-0.15, -0.1) is 0 Å². The van der Waals surface area contributed by atoms with Crippen LogP contribution in [0.3, 0.4) is 0 Å². The molecule has 2 amide bonds. The van der Waals surface area contributed by atoms with Crippen LogP contribution in [0.4, 0.5) is 0 Å². The van der Waals surface area contributed by atoms with E-state index in [0.29, 0.717) is 30.9 Å². The molecule has 0 saturated carbocycles.